The van der Waals surface area contributed by atoms with E-state index < -0.39 is 0 Å². The van der Waals surface area contributed by atoms with E-state index in [0.29, 0.717) is 0 Å². The zero-order valence-corrected chi connectivity index (χ0v) is 8.08. The van der Waals surface area contributed by atoms with Gasteiger partial charge in [-0.2, -0.15) is 0 Å². The van der Waals surface area contributed by atoms with Gasteiger partial charge in [0.25, 0.3) is 0 Å². The highest BCUT2D eigenvalue weighted by Crippen LogP contribution is 2.11. The second kappa shape index (κ2) is 3.74. The molecule has 1 nitrogen and oxygen atoms in total. The van der Waals surface area contributed by atoms with Crippen molar-refractivity contribution in [3.63, 3.8) is 0 Å². The van der Waals surface area contributed by atoms with Crippen molar-refractivity contribution in [2.24, 2.45) is 5.73 Å². The van der Waals surface area contributed by atoms with E-state index in [9.17, 15) is 0 Å². The molecule has 0 heterocycles. The lowest BCUT2D eigenvalue weighted by atomic mass is 10.1. The number of rotatable bonds is 1. The van der Waals surface area contributed by atoms with E-state index in [-0.39, 0.29) is 6.04 Å². The Kier molecular flexibility index (Phi) is 2.92. The first-order valence-corrected chi connectivity index (χ1v) is 4.29. The average Bonchev–Trinajstić information content (AvgIpc) is 2.05. The van der Waals surface area contributed by atoms with E-state index >= 15 is 0 Å². The van der Waals surface area contributed by atoms with Gasteiger partial charge in [0.2, 0.25) is 0 Å². The summed E-state index contributed by atoms with van der Waals surface area (Å²) in [4.78, 5) is 0. The van der Waals surface area contributed by atoms with Gasteiger partial charge in [-0.3, -0.25) is 0 Å². The second-order valence-corrected chi connectivity index (χ2v) is 3.44. The molecule has 0 saturated carbocycles. The van der Waals surface area contributed by atoms with Crippen LogP contribution in [-0.2, 0) is 0 Å². The van der Waals surface area contributed by atoms with Gasteiger partial charge < -0.3 is 5.73 Å². The van der Waals surface area contributed by atoms with Crippen LogP contribution in [0.25, 0.3) is 0 Å². The van der Waals surface area contributed by atoms with Crippen LogP contribution in [0.4, 0.5) is 0 Å². The second-order valence-electron chi connectivity index (χ2n) is 2.20. The number of hydrogen-bond donors (Lipinski definition) is 1. The third-order valence-electron chi connectivity index (χ3n) is 1.41. The van der Waals surface area contributed by atoms with Gasteiger partial charge in [0.05, 0.1) is 6.04 Å². The number of hydrogen-bond acceptors (Lipinski definition) is 1. The van der Waals surface area contributed by atoms with E-state index in [0.717, 1.165) is 5.56 Å². The highest BCUT2D eigenvalue weighted by molar-refractivity contribution is 14.1. The molecule has 11 heavy (non-hydrogen) atoms. The number of nitrogens with two attached hydrogens (primary N) is 1. The Morgan fingerprint density at radius 2 is 1.91 bits per heavy atom. The molecule has 1 rings (SSSR count). The molecule has 0 spiro atoms. The molecule has 1 unspecified atom stereocenters. The molecular weight excluding hydrogens is 249 g/mol. The fourth-order valence-electron chi connectivity index (χ4n) is 0.766. The van der Waals surface area contributed by atoms with Gasteiger partial charge in [0.1, 0.15) is 0 Å². The molecule has 0 aliphatic rings. The minimum absolute atomic E-state index is 0.271. The van der Waals surface area contributed by atoms with E-state index in [1.165, 1.54) is 3.57 Å². The summed E-state index contributed by atoms with van der Waals surface area (Å²) in [5.41, 5.74) is 6.60. The third-order valence-corrected chi connectivity index (χ3v) is 2.13. The molecule has 2 N–H and O–H groups in total. The average molecular weight is 257 g/mol. The van der Waals surface area contributed by atoms with Crippen LogP contribution in [-0.4, -0.2) is 0 Å². The molecule has 0 aliphatic heterocycles. The van der Waals surface area contributed by atoms with Gasteiger partial charge >= 0.3 is 0 Å². The maximum absolute atomic E-state index is 5.61. The largest absolute Gasteiger partial charge is 0.314 e. The first kappa shape index (κ1) is 8.57. The number of halogens is 1. The molecule has 0 aromatic heterocycles. The van der Waals surface area contributed by atoms with Gasteiger partial charge in [-0.25, -0.2) is 0 Å². The van der Waals surface area contributed by atoms with Crippen molar-refractivity contribution < 1.29 is 0 Å². The smallest absolute Gasteiger partial charge is 0.0918 e. The monoisotopic (exact) mass is 257 g/mol. The molecular formula is C9H8IN. The fourth-order valence-corrected chi connectivity index (χ4v) is 1.13. The normalized spacial score (nSPS) is 12.1. The van der Waals surface area contributed by atoms with Crippen molar-refractivity contribution >= 4 is 22.6 Å². The third kappa shape index (κ3) is 2.21. The Balaban J connectivity index is 2.92. The Labute approximate surface area is 80.1 Å². The molecule has 1 aromatic rings. The minimum Gasteiger partial charge on any atom is -0.314 e. The highest BCUT2D eigenvalue weighted by Gasteiger charge is 1.99. The van der Waals surface area contributed by atoms with Crippen molar-refractivity contribution in [1.29, 1.82) is 0 Å². The van der Waals surface area contributed by atoms with Gasteiger partial charge in [-0.15, -0.1) is 6.42 Å². The summed E-state index contributed by atoms with van der Waals surface area (Å²) in [6.07, 6.45) is 5.17. The van der Waals surface area contributed by atoms with Crippen molar-refractivity contribution in [3.8, 4) is 12.3 Å². The van der Waals surface area contributed by atoms with E-state index in [1.54, 1.807) is 0 Å². The van der Waals surface area contributed by atoms with Crippen LogP contribution in [0.5, 0.6) is 0 Å². The van der Waals surface area contributed by atoms with Gasteiger partial charge in [0.15, 0.2) is 0 Å². The molecule has 0 aliphatic carbocycles. The van der Waals surface area contributed by atoms with Gasteiger partial charge in [-0.1, -0.05) is 18.1 Å². The zero-order valence-electron chi connectivity index (χ0n) is 5.92. The first-order valence-electron chi connectivity index (χ1n) is 3.21. The number of terminal acetylenes is 1. The van der Waals surface area contributed by atoms with Crippen LogP contribution < -0.4 is 5.73 Å². The van der Waals surface area contributed by atoms with Crippen molar-refractivity contribution in [1.82, 2.24) is 0 Å². The van der Waals surface area contributed by atoms with Gasteiger partial charge in [-0.05, 0) is 40.3 Å². The Bertz CT molecular complexity index is 271. The molecule has 0 bridgehead atoms. The topological polar surface area (TPSA) is 26.0 Å². The Morgan fingerprint density at radius 1 is 1.36 bits per heavy atom. The fraction of sp³-hybridized carbons (Fsp3) is 0.111. The maximum atomic E-state index is 5.61. The lowest BCUT2D eigenvalue weighted by molar-refractivity contribution is 0.946. The molecule has 2 heteroatoms. The summed E-state index contributed by atoms with van der Waals surface area (Å²) < 4.78 is 1.19. The van der Waals surface area contributed by atoms with Crippen molar-refractivity contribution in [2.75, 3.05) is 0 Å². The summed E-state index contributed by atoms with van der Waals surface area (Å²) in [5, 5.41) is 0. The van der Waals surface area contributed by atoms with E-state index in [1.807, 2.05) is 24.3 Å². The van der Waals surface area contributed by atoms with Crippen LogP contribution in [0, 0.1) is 15.9 Å². The van der Waals surface area contributed by atoms with E-state index in [2.05, 4.69) is 28.5 Å². The Hall–Kier alpha value is -0.530. The van der Waals surface area contributed by atoms with Crippen LogP contribution in [0.2, 0.25) is 0 Å². The molecule has 0 amide bonds. The summed E-state index contributed by atoms with van der Waals surface area (Å²) in [6, 6.07) is 7.62. The van der Waals surface area contributed by atoms with Crippen molar-refractivity contribution in [2.45, 2.75) is 6.04 Å². The standard InChI is InChI=1S/C9H8IN/c1-2-9(11)7-3-5-8(10)6-4-7/h1,3-6,9H,11H2. The van der Waals surface area contributed by atoms with Crippen LogP contribution >= 0.6 is 22.6 Å². The van der Waals surface area contributed by atoms with Crippen molar-refractivity contribution in [3.05, 3.63) is 33.4 Å². The van der Waals surface area contributed by atoms with Gasteiger partial charge in [0, 0.05) is 3.57 Å². The molecule has 1 atom stereocenters. The zero-order chi connectivity index (χ0) is 8.27. The summed E-state index contributed by atoms with van der Waals surface area (Å²) >= 11 is 2.24. The molecule has 0 fully saturated rings. The predicted molar refractivity (Wildman–Crippen MR) is 54.9 cm³/mol. The van der Waals surface area contributed by atoms with Crippen LogP contribution in [0.1, 0.15) is 11.6 Å². The first-order chi connectivity index (χ1) is 5.24. The minimum atomic E-state index is -0.271. The quantitative estimate of drug-likeness (QED) is 0.603. The highest BCUT2D eigenvalue weighted by atomic mass is 127. The molecule has 0 radical (unpaired) electrons. The predicted octanol–water partition coefficient (Wildman–Crippen LogP) is 1.92. The summed E-state index contributed by atoms with van der Waals surface area (Å²) in [7, 11) is 0. The maximum Gasteiger partial charge on any atom is 0.0918 e. The molecule has 1 aromatic carbocycles. The summed E-state index contributed by atoms with van der Waals surface area (Å²) in [5.74, 6) is 2.48. The molecule has 0 saturated heterocycles. The lowest BCUT2D eigenvalue weighted by Crippen LogP contribution is -2.06. The Morgan fingerprint density at radius 3 is 2.36 bits per heavy atom. The van der Waals surface area contributed by atoms with Crippen LogP contribution in [0.15, 0.2) is 24.3 Å². The molecule has 56 valence electrons. The van der Waals surface area contributed by atoms with E-state index in [4.69, 9.17) is 12.2 Å². The lowest BCUT2D eigenvalue weighted by Gasteiger charge is -2.02. The summed E-state index contributed by atoms with van der Waals surface area (Å²) in [6.45, 7) is 0. The number of benzene rings is 1. The SMILES string of the molecule is C#CC(N)c1ccc(I)cc1. The van der Waals surface area contributed by atoms with Crippen LogP contribution in [0.3, 0.4) is 0 Å².